The Bertz CT molecular complexity index is 180. The second kappa shape index (κ2) is 5.83. The van der Waals surface area contributed by atoms with Gasteiger partial charge in [-0.15, -0.1) is 0 Å². The molecule has 0 spiro atoms. The Morgan fingerprint density at radius 1 is 1.27 bits per heavy atom. The van der Waals surface area contributed by atoms with E-state index in [1.807, 2.05) is 0 Å². The third-order valence-corrected chi connectivity index (χ3v) is 3.47. The molecule has 0 aliphatic carbocycles. The molecule has 0 aromatic carbocycles. The highest BCUT2D eigenvalue weighted by atomic mass is 15.3. The topological polar surface area (TPSA) is 18.5 Å². The van der Waals surface area contributed by atoms with E-state index in [2.05, 4.69) is 42.9 Å². The third kappa shape index (κ3) is 4.09. The van der Waals surface area contributed by atoms with Crippen molar-refractivity contribution in [2.24, 2.45) is 0 Å². The van der Waals surface area contributed by atoms with E-state index in [1.165, 1.54) is 32.6 Å². The van der Waals surface area contributed by atoms with E-state index in [-0.39, 0.29) is 0 Å². The molecule has 1 rings (SSSR count). The molecule has 3 nitrogen and oxygen atoms in total. The van der Waals surface area contributed by atoms with Gasteiger partial charge in [-0.1, -0.05) is 6.92 Å². The Morgan fingerprint density at radius 2 is 2.00 bits per heavy atom. The molecule has 1 aliphatic rings. The molecule has 0 amide bonds. The molecule has 90 valence electrons. The molecule has 1 N–H and O–H groups in total. The summed E-state index contributed by atoms with van der Waals surface area (Å²) >= 11 is 0. The summed E-state index contributed by atoms with van der Waals surface area (Å²) in [6.45, 7) is 14.0. The van der Waals surface area contributed by atoms with Crippen LogP contribution in [0.15, 0.2) is 0 Å². The monoisotopic (exact) mass is 213 g/mol. The first kappa shape index (κ1) is 12.9. The average Bonchev–Trinajstić information content (AvgIpc) is 2.18. The van der Waals surface area contributed by atoms with Gasteiger partial charge in [0.25, 0.3) is 0 Å². The average molecular weight is 213 g/mol. The molecule has 3 heteroatoms. The van der Waals surface area contributed by atoms with Crippen molar-refractivity contribution in [1.29, 1.82) is 0 Å². The zero-order valence-electron chi connectivity index (χ0n) is 10.8. The van der Waals surface area contributed by atoms with Crippen molar-refractivity contribution in [2.75, 3.05) is 46.3 Å². The number of nitrogens with zero attached hydrogens (tertiary/aromatic N) is 2. The van der Waals surface area contributed by atoms with Crippen LogP contribution in [-0.4, -0.2) is 61.7 Å². The van der Waals surface area contributed by atoms with Gasteiger partial charge in [0, 0.05) is 25.2 Å². The lowest BCUT2D eigenvalue weighted by Gasteiger charge is -2.45. The first-order valence-electron chi connectivity index (χ1n) is 6.20. The minimum Gasteiger partial charge on any atom is -0.317 e. The lowest BCUT2D eigenvalue weighted by Crippen LogP contribution is -2.57. The van der Waals surface area contributed by atoms with Crippen molar-refractivity contribution in [3.63, 3.8) is 0 Å². The van der Waals surface area contributed by atoms with Crippen LogP contribution < -0.4 is 5.32 Å². The third-order valence-electron chi connectivity index (χ3n) is 3.47. The Hall–Kier alpha value is -0.120. The van der Waals surface area contributed by atoms with Gasteiger partial charge < -0.3 is 10.2 Å². The number of rotatable bonds is 5. The molecule has 0 bridgehead atoms. The van der Waals surface area contributed by atoms with Crippen LogP contribution in [0.4, 0.5) is 0 Å². The van der Waals surface area contributed by atoms with Gasteiger partial charge in [0.2, 0.25) is 0 Å². The summed E-state index contributed by atoms with van der Waals surface area (Å²) in [5, 5.41) is 3.38. The van der Waals surface area contributed by atoms with Crippen LogP contribution in [0.5, 0.6) is 0 Å². The van der Waals surface area contributed by atoms with E-state index in [0.29, 0.717) is 5.54 Å². The maximum atomic E-state index is 3.38. The van der Waals surface area contributed by atoms with Crippen molar-refractivity contribution in [3.8, 4) is 0 Å². The predicted octanol–water partition coefficient (Wildman–Crippen LogP) is 1.01. The lowest BCUT2D eigenvalue weighted by atomic mass is 10.00. The second-order valence-electron chi connectivity index (χ2n) is 5.22. The molecule has 0 unspecified atom stereocenters. The van der Waals surface area contributed by atoms with Gasteiger partial charge in [-0.25, -0.2) is 0 Å². The number of nitrogens with one attached hydrogen (secondary N) is 1. The van der Waals surface area contributed by atoms with Crippen LogP contribution in [-0.2, 0) is 0 Å². The molecule has 0 atom stereocenters. The fourth-order valence-electron chi connectivity index (χ4n) is 2.14. The summed E-state index contributed by atoms with van der Waals surface area (Å²) in [5.41, 5.74) is 0.344. The molecule has 1 aliphatic heterocycles. The molecule has 0 radical (unpaired) electrons. The first-order valence-corrected chi connectivity index (χ1v) is 6.20. The molecule has 0 aromatic heterocycles. The number of piperazine rings is 1. The second-order valence-corrected chi connectivity index (χ2v) is 5.22. The summed E-state index contributed by atoms with van der Waals surface area (Å²) in [4.78, 5) is 5.06. The Labute approximate surface area is 94.8 Å². The lowest BCUT2D eigenvalue weighted by molar-refractivity contribution is 0.0396. The van der Waals surface area contributed by atoms with Crippen molar-refractivity contribution in [2.45, 2.75) is 32.7 Å². The molecule has 1 fully saturated rings. The zero-order chi connectivity index (χ0) is 11.3. The largest absolute Gasteiger partial charge is 0.317 e. The smallest absolute Gasteiger partial charge is 0.0277 e. The van der Waals surface area contributed by atoms with Gasteiger partial charge in [0.05, 0.1) is 0 Å². The summed E-state index contributed by atoms with van der Waals surface area (Å²) in [7, 11) is 2.23. The number of hydrogen-bond acceptors (Lipinski definition) is 3. The molecule has 1 heterocycles. The molecular weight excluding hydrogens is 186 g/mol. The van der Waals surface area contributed by atoms with E-state index in [4.69, 9.17) is 0 Å². The highest BCUT2D eigenvalue weighted by Crippen LogP contribution is 2.18. The van der Waals surface area contributed by atoms with Crippen molar-refractivity contribution in [1.82, 2.24) is 15.1 Å². The summed E-state index contributed by atoms with van der Waals surface area (Å²) < 4.78 is 0. The fourth-order valence-corrected chi connectivity index (χ4v) is 2.14. The predicted molar refractivity (Wildman–Crippen MR) is 66.3 cm³/mol. The van der Waals surface area contributed by atoms with E-state index < -0.39 is 0 Å². The van der Waals surface area contributed by atoms with E-state index in [9.17, 15) is 0 Å². The molecule has 0 saturated carbocycles. The Balaban J connectivity index is 2.21. The Kier molecular flexibility index (Phi) is 5.03. The van der Waals surface area contributed by atoms with Gasteiger partial charge in [-0.2, -0.15) is 0 Å². The van der Waals surface area contributed by atoms with Gasteiger partial charge in [-0.05, 0) is 47.0 Å². The van der Waals surface area contributed by atoms with E-state index in [0.717, 1.165) is 13.1 Å². The standard InChI is InChI=1S/C12H27N3/c1-5-13-7-6-8-15-10-9-14(4)12(2,3)11-15/h13H,5-11H2,1-4H3. The van der Waals surface area contributed by atoms with E-state index in [1.54, 1.807) is 0 Å². The van der Waals surface area contributed by atoms with Gasteiger partial charge in [0.1, 0.15) is 0 Å². The summed E-state index contributed by atoms with van der Waals surface area (Å²) in [5.74, 6) is 0. The van der Waals surface area contributed by atoms with Gasteiger partial charge >= 0.3 is 0 Å². The molecule has 1 saturated heterocycles. The quantitative estimate of drug-likeness (QED) is 0.688. The van der Waals surface area contributed by atoms with Crippen molar-refractivity contribution in [3.05, 3.63) is 0 Å². The normalized spacial score (nSPS) is 23.2. The van der Waals surface area contributed by atoms with E-state index >= 15 is 0 Å². The number of hydrogen-bond donors (Lipinski definition) is 1. The summed E-state index contributed by atoms with van der Waals surface area (Å²) in [6, 6.07) is 0. The fraction of sp³-hybridized carbons (Fsp3) is 1.00. The van der Waals surface area contributed by atoms with Crippen molar-refractivity contribution < 1.29 is 0 Å². The maximum Gasteiger partial charge on any atom is 0.0277 e. The maximum absolute atomic E-state index is 3.38. The number of likely N-dealkylation sites (N-methyl/N-ethyl adjacent to an activating group) is 1. The van der Waals surface area contributed by atoms with Gasteiger partial charge in [-0.3, -0.25) is 4.90 Å². The van der Waals surface area contributed by atoms with Gasteiger partial charge in [0.15, 0.2) is 0 Å². The van der Waals surface area contributed by atoms with Crippen LogP contribution in [0.1, 0.15) is 27.2 Å². The molecule has 0 aromatic rings. The highest BCUT2D eigenvalue weighted by Gasteiger charge is 2.30. The molecule has 15 heavy (non-hydrogen) atoms. The van der Waals surface area contributed by atoms with Crippen LogP contribution >= 0.6 is 0 Å². The zero-order valence-corrected chi connectivity index (χ0v) is 10.8. The first-order chi connectivity index (χ1) is 7.06. The minimum absolute atomic E-state index is 0.344. The van der Waals surface area contributed by atoms with Crippen LogP contribution in [0.25, 0.3) is 0 Å². The van der Waals surface area contributed by atoms with Crippen molar-refractivity contribution >= 4 is 0 Å². The highest BCUT2D eigenvalue weighted by molar-refractivity contribution is 4.88. The van der Waals surface area contributed by atoms with Crippen LogP contribution in [0.2, 0.25) is 0 Å². The minimum atomic E-state index is 0.344. The molecular formula is C12H27N3. The van der Waals surface area contributed by atoms with Crippen LogP contribution in [0, 0.1) is 0 Å². The SMILES string of the molecule is CCNCCCN1CCN(C)C(C)(C)C1. The summed E-state index contributed by atoms with van der Waals surface area (Å²) in [6.07, 6.45) is 1.27. The Morgan fingerprint density at radius 3 is 2.60 bits per heavy atom. The van der Waals surface area contributed by atoms with Crippen LogP contribution in [0.3, 0.4) is 0 Å².